The summed E-state index contributed by atoms with van der Waals surface area (Å²) in [5.41, 5.74) is 3.38. The number of aromatic nitrogens is 4. The zero-order chi connectivity index (χ0) is 15.9. The molecule has 0 bridgehead atoms. The molecule has 1 amide bonds. The Labute approximate surface area is 130 Å². The minimum absolute atomic E-state index is 0.133. The highest BCUT2D eigenvalue weighted by molar-refractivity contribution is 5.80. The van der Waals surface area contributed by atoms with Gasteiger partial charge >= 0.3 is 0 Å². The number of carbonyl (C=O) groups excluding carboxylic acids is 1. The fourth-order valence-electron chi connectivity index (χ4n) is 3.47. The molecule has 1 saturated heterocycles. The molecule has 2 aromatic rings. The third kappa shape index (κ3) is 2.32. The van der Waals surface area contributed by atoms with E-state index in [4.69, 9.17) is 0 Å². The van der Waals surface area contributed by atoms with E-state index in [1.54, 1.807) is 10.9 Å². The third-order valence-corrected chi connectivity index (χ3v) is 4.71. The second-order valence-electron chi connectivity index (χ2n) is 6.06. The van der Waals surface area contributed by atoms with E-state index in [0.717, 1.165) is 30.8 Å². The second kappa shape index (κ2) is 5.59. The smallest absolute Gasteiger partial charge is 0.247 e. The Morgan fingerprint density at radius 1 is 1.41 bits per heavy atom. The molecule has 118 valence electrons. The lowest BCUT2D eigenvalue weighted by atomic mass is 10.0. The molecule has 0 radical (unpaired) electrons. The van der Waals surface area contributed by atoms with Gasteiger partial charge in [0.1, 0.15) is 6.04 Å². The molecule has 3 rings (SSSR count). The standard InChI is InChI=1S/C16H23N5O/c1-11-15(12(2)19(4)18-11)14-7-5-9-20(14)16(22)13(3)21-10-6-8-17-21/h6,8,10,13-14H,5,7,9H2,1-4H3/t13-,14+/m0/s1. The predicted molar refractivity (Wildman–Crippen MR) is 83.3 cm³/mol. The lowest BCUT2D eigenvalue weighted by Crippen LogP contribution is -2.36. The fraction of sp³-hybridized carbons (Fsp3) is 0.562. The monoisotopic (exact) mass is 301 g/mol. The van der Waals surface area contributed by atoms with Crippen LogP contribution in [0, 0.1) is 13.8 Å². The van der Waals surface area contributed by atoms with Crippen molar-refractivity contribution >= 4 is 5.91 Å². The minimum atomic E-state index is -0.270. The van der Waals surface area contributed by atoms with Crippen molar-refractivity contribution in [2.75, 3.05) is 6.54 Å². The van der Waals surface area contributed by atoms with E-state index >= 15 is 0 Å². The summed E-state index contributed by atoms with van der Waals surface area (Å²) in [6, 6.07) is 1.72. The molecule has 3 heterocycles. The zero-order valence-electron chi connectivity index (χ0n) is 13.7. The van der Waals surface area contributed by atoms with Crippen LogP contribution in [0.3, 0.4) is 0 Å². The molecule has 2 atom stereocenters. The van der Waals surface area contributed by atoms with Crippen LogP contribution in [0.15, 0.2) is 18.5 Å². The number of rotatable bonds is 3. The van der Waals surface area contributed by atoms with Crippen molar-refractivity contribution in [1.29, 1.82) is 0 Å². The normalized spacial score (nSPS) is 19.6. The Kier molecular flexibility index (Phi) is 3.76. The quantitative estimate of drug-likeness (QED) is 0.873. The SMILES string of the molecule is Cc1nn(C)c(C)c1[C@H]1CCCN1C(=O)[C@H](C)n1cccn1. The molecular formula is C16H23N5O. The van der Waals surface area contributed by atoms with Gasteiger partial charge in [0, 0.05) is 37.2 Å². The molecule has 6 nitrogen and oxygen atoms in total. The minimum Gasteiger partial charge on any atom is -0.334 e. The number of hydrogen-bond donors (Lipinski definition) is 0. The van der Waals surface area contributed by atoms with Gasteiger partial charge in [0.05, 0.1) is 11.7 Å². The maximum absolute atomic E-state index is 12.9. The van der Waals surface area contributed by atoms with Crippen molar-refractivity contribution in [3.05, 3.63) is 35.4 Å². The Bertz CT molecular complexity index is 673. The van der Waals surface area contributed by atoms with Gasteiger partial charge in [0.15, 0.2) is 0 Å². The highest BCUT2D eigenvalue weighted by Crippen LogP contribution is 2.36. The first kappa shape index (κ1) is 14.8. The largest absolute Gasteiger partial charge is 0.334 e. The van der Waals surface area contributed by atoms with E-state index in [1.165, 1.54) is 5.56 Å². The summed E-state index contributed by atoms with van der Waals surface area (Å²) in [5, 5.41) is 8.70. The molecular weight excluding hydrogens is 278 g/mol. The summed E-state index contributed by atoms with van der Waals surface area (Å²) >= 11 is 0. The van der Waals surface area contributed by atoms with Crippen molar-refractivity contribution in [3.8, 4) is 0 Å². The molecule has 1 aliphatic heterocycles. The number of amides is 1. The number of aryl methyl sites for hydroxylation is 2. The molecule has 0 aromatic carbocycles. The van der Waals surface area contributed by atoms with Crippen LogP contribution < -0.4 is 0 Å². The van der Waals surface area contributed by atoms with Crippen LogP contribution in [0.25, 0.3) is 0 Å². The average molecular weight is 301 g/mol. The van der Waals surface area contributed by atoms with E-state index in [1.807, 2.05) is 42.7 Å². The summed E-state index contributed by atoms with van der Waals surface area (Å²) < 4.78 is 3.63. The summed E-state index contributed by atoms with van der Waals surface area (Å²) in [6.07, 6.45) is 5.59. The molecule has 6 heteroatoms. The maximum Gasteiger partial charge on any atom is 0.247 e. The molecule has 0 N–H and O–H groups in total. The first-order valence-electron chi connectivity index (χ1n) is 7.80. The van der Waals surface area contributed by atoms with E-state index in [2.05, 4.69) is 17.1 Å². The molecule has 0 spiro atoms. The molecule has 1 aliphatic rings. The fourth-order valence-corrected chi connectivity index (χ4v) is 3.47. The Hall–Kier alpha value is -2.11. The summed E-state index contributed by atoms with van der Waals surface area (Å²) in [4.78, 5) is 14.9. The van der Waals surface area contributed by atoms with E-state index in [-0.39, 0.29) is 18.0 Å². The van der Waals surface area contributed by atoms with Crippen LogP contribution in [-0.2, 0) is 11.8 Å². The molecule has 0 aliphatic carbocycles. The average Bonchev–Trinajstić information content (AvgIpc) is 3.20. The third-order valence-electron chi connectivity index (χ3n) is 4.71. The van der Waals surface area contributed by atoms with Gasteiger partial charge in [-0.05, 0) is 39.7 Å². The van der Waals surface area contributed by atoms with Gasteiger partial charge < -0.3 is 4.90 Å². The Morgan fingerprint density at radius 3 is 2.77 bits per heavy atom. The molecule has 2 aromatic heterocycles. The van der Waals surface area contributed by atoms with Gasteiger partial charge in [0.25, 0.3) is 0 Å². The van der Waals surface area contributed by atoms with Crippen molar-refractivity contribution in [2.24, 2.45) is 7.05 Å². The van der Waals surface area contributed by atoms with Gasteiger partial charge in [-0.25, -0.2) is 0 Å². The van der Waals surface area contributed by atoms with Crippen molar-refractivity contribution in [1.82, 2.24) is 24.5 Å². The van der Waals surface area contributed by atoms with Crippen molar-refractivity contribution in [2.45, 2.75) is 45.7 Å². The Balaban J connectivity index is 1.88. The summed E-state index contributed by atoms with van der Waals surface area (Å²) in [6.45, 7) is 6.82. The lowest BCUT2D eigenvalue weighted by Gasteiger charge is -2.28. The molecule has 1 fully saturated rings. The van der Waals surface area contributed by atoms with E-state index in [9.17, 15) is 4.79 Å². The van der Waals surface area contributed by atoms with Crippen molar-refractivity contribution in [3.63, 3.8) is 0 Å². The maximum atomic E-state index is 12.9. The van der Waals surface area contributed by atoms with Crippen LogP contribution in [0.4, 0.5) is 0 Å². The first-order chi connectivity index (χ1) is 10.5. The highest BCUT2D eigenvalue weighted by Gasteiger charge is 2.35. The van der Waals surface area contributed by atoms with E-state index < -0.39 is 0 Å². The van der Waals surface area contributed by atoms with Crippen LogP contribution in [0.2, 0.25) is 0 Å². The summed E-state index contributed by atoms with van der Waals surface area (Å²) in [7, 11) is 1.96. The zero-order valence-corrected chi connectivity index (χ0v) is 13.7. The predicted octanol–water partition coefficient (Wildman–Crippen LogP) is 2.16. The summed E-state index contributed by atoms with van der Waals surface area (Å²) in [5.74, 6) is 0.133. The number of carbonyl (C=O) groups is 1. The van der Waals surface area contributed by atoms with Crippen LogP contribution in [-0.4, -0.2) is 36.9 Å². The highest BCUT2D eigenvalue weighted by atomic mass is 16.2. The van der Waals surface area contributed by atoms with Crippen LogP contribution in [0.1, 0.15) is 48.8 Å². The van der Waals surface area contributed by atoms with Gasteiger partial charge in [-0.15, -0.1) is 0 Å². The number of nitrogens with zero attached hydrogens (tertiary/aromatic N) is 5. The first-order valence-corrected chi connectivity index (χ1v) is 7.80. The Morgan fingerprint density at radius 2 is 2.18 bits per heavy atom. The lowest BCUT2D eigenvalue weighted by molar-refractivity contribution is -0.135. The van der Waals surface area contributed by atoms with Crippen LogP contribution >= 0.6 is 0 Å². The molecule has 22 heavy (non-hydrogen) atoms. The van der Waals surface area contributed by atoms with Gasteiger partial charge in [-0.1, -0.05) is 0 Å². The van der Waals surface area contributed by atoms with Gasteiger partial charge in [-0.2, -0.15) is 10.2 Å². The molecule has 0 unspecified atom stereocenters. The van der Waals surface area contributed by atoms with Crippen molar-refractivity contribution < 1.29 is 4.79 Å². The van der Waals surface area contributed by atoms with Crippen LogP contribution in [0.5, 0.6) is 0 Å². The van der Waals surface area contributed by atoms with E-state index in [0.29, 0.717) is 0 Å². The molecule has 0 saturated carbocycles. The second-order valence-corrected chi connectivity index (χ2v) is 6.06. The number of hydrogen-bond acceptors (Lipinski definition) is 3. The van der Waals surface area contributed by atoms with Gasteiger partial charge in [-0.3, -0.25) is 14.2 Å². The number of likely N-dealkylation sites (tertiary alicyclic amines) is 1. The topological polar surface area (TPSA) is 56.0 Å². The van der Waals surface area contributed by atoms with Gasteiger partial charge in [0.2, 0.25) is 5.91 Å².